The Morgan fingerprint density at radius 3 is 2.61 bits per heavy atom. The van der Waals surface area contributed by atoms with Crippen LogP contribution in [0.1, 0.15) is 50.4 Å². The molecular weight excluding hydrogens is 316 g/mol. The molecule has 3 heterocycles. The number of nitrogens with zero attached hydrogens (tertiary/aromatic N) is 4. The molecule has 0 bridgehead atoms. The third kappa shape index (κ3) is 3.29. The molecule has 0 aliphatic carbocycles. The SMILES string of the molecule is CCCS(=O)(=O)N1CCC2(CC1)CC(c1noc(C)n1)N(C)C2. The number of aromatic nitrogens is 2. The summed E-state index contributed by atoms with van der Waals surface area (Å²) in [5, 5.41) is 4.07. The van der Waals surface area contributed by atoms with E-state index in [0.29, 0.717) is 25.4 Å². The van der Waals surface area contributed by atoms with Crippen LogP contribution in [0.15, 0.2) is 4.52 Å². The number of aryl methyl sites for hydroxylation is 1. The molecule has 0 amide bonds. The lowest BCUT2D eigenvalue weighted by Gasteiger charge is -2.38. The van der Waals surface area contributed by atoms with Crippen molar-refractivity contribution in [3.63, 3.8) is 0 Å². The topological polar surface area (TPSA) is 79.5 Å². The second-order valence-electron chi connectivity index (χ2n) is 7.02. The van der Waals surface area contributed by atoms with Crippen LogP contribution in [0.2, 0.25) is 0 Å². The minimum Gasteiger partial charge on any atom is -0.340 e. The number of sulfonamides is 1. The minimum absolute atomic E-state index is 0.172. The van der Waals surface area contributed by atoms with Gasteiger partial charge in [-0.15, -0.1) is 0 Å². The summed E-state index contributed by atoms with van der Waals surface area (Å²) in [7, 11) is -0.987. The number of hydrogen-bond acceptors (Lipinski definition) is 6. The van der Waals surface area contributed by atoms with Crippen LogP contribution >= 0.6 is 0 Å². The van der Waals surface area contributed by atoms with Gasteiger partial charge in [-0.1, -0.05) is 12.1 Å². The Labute approximate surface area is 138 Å². The lowest BCUT2D eigenvalue weighted by atomic mass is 9.77. The monoisotopic (exact) mass is 342 g/mol. The standard InChI is InChI=1S/C15H26N4O3S/c1-4-9-23(20,21)19-7-5-15(6-8-19)10-13(18(3)11-15)14-16-12(2)22-17-14/h13H,4-11H2,1-3H3. The number of piperidine rings is 1. The lowest BCUT2D eigenvalue weighted by Crippen LogP contribution is -2.44. The van der Waals surface area contributed by atoms with Crippen LogP contribution in [0, 0.1) is 12.3 Å². The maximum absolute atomic E-state index is 12.2. The van der Waals surface area contributed by atoms with Gasteiger partial charge in [0.05, 0.1) is 11.8 Å². The molecule has 0 radical (unpaired) electrons. The number of likely N-dealkylation sites (tertiary alicyclic amines) is 1. The van der Waals surface area contributed by atoms with E-state index in [1.165, 1.54) is 0 Å². The molecule has 0 saturated carbocycles. The Morgan fingerprint density at radius 2 is 2.04 bits per heavy atom. The van der Waals surface area contributed by atoms with E-state index in [4.69, 9.17) is 4.52 Å². The van der Waals surface area contributed by atoms with Gasteiger partial charge in [-0.05, 0) is 38.1 Å². The van der Waals surface area contributed by atoms with E-state index in [0.717, 1.165) is 31.6 Å². The predicted molar refractivity (Wildman–Crippen MR) is 86.3 cm³/mol. The molecule has 0 N–H and O–H groups in total. The molecule has 130 valence electrons. The van der Waals surface area contributed by atoms with Gasteiger partial charge in [-0.3, -0.25) is 4.90 Å². The maximum Gasteiger partial charge on any atom is 0.223 e. The van der Waals surface area contributed by atoms with Crippen LogP contribution in [-0.2, 0) is 10.0 Å². The molecule has 1 spiro atoms. The molecular formula is C15H26N4O3S. The maximum atomic E-state index is 12.2. The first-order valence-corrected chi connectivity index (χ1v) is 9.94. The first kappa shape index (κ1) is 16.9. The average molecular weight is 342 g/mol. The van der Waals surface area contributed by atoms with Gasteiger partial charge in [0.15, 0.2) is 5.82 Å². The third-order valence-corrected chi connectivity index (χ3v) is 7.30. The van der Waals surface area contributed by atoms with E-state index >= 15 is 0 Å². The number of rotatable bonds is 4. The van der Waals surface area contributed by atoms with Gasteiger partial charge in [0.25, 0.3) is 0 Å². The first-order valence-electron chi connectivity index (χ1n) is 8.33. The van der Waals surface area contributed by atoms with Gasteiger partial charge in [-0.25, -0.2) is 12.7 Å². The smallest absolute Gasteiger partial charge is 0.223 e. The van der Waals surface area contributed by atoms with Gasteiger partial charge >= 0.3 is 0 Å². The Kier molecular flexibility index (Phi) is 4.50. The zero-order valence-corrected chi connectivity index (χ0v) is 15.0. The van der Waals surface area contributed by atoms with Crippen LogP contribution in [0.4, 0.5) is 0 Å². The Bertz CT molecular complexity index is 649. The molecule has 2 aliphatic heterocycles. The fraction of sp³-hybridized carbons (Fsp3) is 0.867. The fourth-order valence-corrected chi connectivity index (χ4v) is 5.51. The molecule has 7 nitrogen and oxygen atoms in total. The highest BCUT2D eigenvalue weighted by Crippen LogP contribution is 2.47. The van der Waals surface area contributed by atoms with Crippen molar-refractivity contribution in [3.8, 4) is 0 Å². The minimum atomic E-state index is -3.08. The third-order valence-electron chi connectivity index (χ3n) is 5.22. The molecule has 1 unspecified atom stereocenters. The molecule has 23 heavy (non-hydrogen) atoms. The summed E-state index contributed by atoms with van der Waals surface area (Å²) in [6.07, 6.45) is 3.47. The number of hydrogen-bond donors (Lipinski definition) is 0. The van der Waals surface area contributed by atoms with Crippen LogP contribution in [0.5, 0.6) is 0 Å². The molecule has 2 fully saturated rings. The molecule has 0 aromatic carbocycles. The quantitative estimate of drug-likeness (QED) is 0.826. The summed E-state index contributed by atoms with van der Waals surface area (Å²) in [5.41, 5.74) is 0.173. The Hall–Kier alpha value is -0.990. The van der Waals surface area contributed by atoms with Crippen molar-refractivity contribution < 1.29 is 12.9 Å². The summed E-state index contributed by atoms with van der Waals surface area (Å²) < 4.78 is 31.2. The van der Waals surface area contributed by atoms with E-state index in [1.807, 2.05) is 6.92 Å². The Morgan fingerprint density at radius 1 is 1.35 bits per heavy atom. The summed E-state index contributed by atoms with van der Waals surface area (Å²) >= 11 is 0. The van der Waals surface area contributed by atoms with E-state index in [-0.39, 0.29) is 17.2 Å². The fourth-order valence-electron chi connectivity index (χ4n) is 4.00. The summed E-state index contributed by atoms with van der Waals surface area (Å²) in [5.74, 6) is 1.60. The Balaban J connectivity index is 1.67. The zero-order chi connectivity index (χ0) is 16.7. The van der Waals surface area contributed by atoms with E-state index < -0.39 is 10.0 Å². The molecule has 1 aromatic heterocycles. The van der Waals surface area contributed by atoms with Crippen molar-refractivity contribution in [3.05, 3.63) is 11.7 Å². The summed E-state index contributed by atoms with van der Waals surface area (Å²) in [4.78, 5) is 6.65. The van der Waals surface area contributed by atoms with E-state index in [2.05, 4.69) is 22.1 Å². The highest BCUT2D eigenvalue weighted by atomic mass is 32.2. The average Bonchev–Trinajstić information content (AvgIpc) is 3.04. The van der Waals surface area contributed by atoms with Crippen molar-refractivity contribution >= 4 is 10.0 Å². The van der Waals surface area contributed by atoms with Crippen LogP contribution < -0.4 is 0 Å². The normalized spacial score (nSPS) is 26.1. The highest BCUT2D eigenvalue weighted by molar-refractivity contribution is 7.89. The van der Waals surface area contributed by atoms with Gasteiger partial charge < -0.3 is 4.52 Å². The molecule has 8 heteroatoms. The van der Waals surface area contributed by atoms with Crippen molar-refractivity contribution in [1.82, 2.24) is 19.3 Å². The molecule has 3 rings (SSSR count). The van der Waals surface area contributed by atoms with Gasteiger partial charge in [-0.2, -0.15) is 4.98 Å². The molecule has 2 aliphatic rings. The first-order chi connectivity index (χ1) is 10.9. The van der Waals surface area contributed by atoms with Crippen molar-refractivity contribution in [2.45, 2.75) is 45.6 Å². The van der Waals surface area contributed by atoms with Crippen molar-refractivity contribution in [2.75, 3.05) is 32.4 Å². The zero-order valence-electron chi connectivity index (χ0n) is 14.2. The summed E-state index contributed by atoms with van der Waals surface area (Å²) in [6, 6.07) is 0.172. The second-order valence-corrected chi connectivity index (χ2v) is 9.11. The lowest BCUT2D eigenvalue weighted by molar-refractivity contribution is 0.161. The van der Waals surface area contributed by atoms with E-state index in [9.17, 15) is 8.42 Å². The van der Waals surface area contributed by atoms with Crippen molar-refractivity contribution in [2.24, 2.45) is 5.41 Å². The highest BCUT2D eigenvalue weighted by Gasteiger charge is 2.47. The molecule has 1 atom stereocenters. The second kappa shape index (κ2) is 6.14. The predicted octanol–water partition coefficient (Wildman–Crippen LogP) is 1.58. The van der Waals surface area contributed by atoms with Crippen LogP contribution in [0.25, 0.3) is 0 Å². The van der Waals surface area contributed by atoms with Crippen LogP contribution in [0.3, 0.4) is 0 Å². The van der Waals surface area contributed by atoms with Gasteiger partial charge in [0.1, 0.15) is 0 Å². The largest absolute Gasteiger partial charge is 0.340 e. The van der Waals surface area contributed by atoms with E-state index in [1.54, 1.807) is 11.2 Å². The summed E-state index contributed by atoms with van der Waals surface area (Å²) in [6.45, 7) is 5.94. The molecule has 1 aromatic rings. The van der Waals surface area contributed by atoms with Crippen LogP contribution in [-0.4, -0.2) is 60.2 Å². The molecule has 2 saturated heterocycles. The van der Waals surface area contributed by atoms with Gasteiger partial charge in [0, 0.05) is 26.6 Å². The van der Waals surface area contributed by atoms with Gasteiger partial charge in [0.2, 0.25) is 15.9 Å². The van der Waals surface area contributed by atoms with Crippen molar-refractivity contribution in [1.29, 1.82) is 0 Å².